The zero-order valence-corrected chi connectivity index (χ0v) is 13.5. The molecule has 0 saturated carbocycles. The predicted octanol–water partition coefficient (Wildman–Crippen LogP) is 4.70. The molecule has 0 spiro atoms. The first kappa shape index (κ1) is 15.2. The van der Waals surface area contributed by atoms with Crippen molar-refractivity contribution in [1.29, 1.82) is 0 Å². The van der Waals surface area contributed by atoms with Crippen LogP contribution in [-0.2, 0) is 5.41 Å². The zero-order chi connectivity index (χ0) is 15.1. The van der Waals surface area contributed by atoms with Crippen LogP contribution in [0.3, 0.4) is 0 Å². The summed E-state index contributed by atoms with van der Waals surface area (Å²) >= 11 is 9.48. The van der Waals surface area contributed by atoms with Crippen molar-refractivity contribution in [1.82, 2.24) is 9.97 Å². The van der Waals surface area contributed by atoms with Crippen LogP contribution < -0.4 is 0 Å². The molecule has 0 amide bonds. The zero-order valence-electron chi connectivity index (χ0n) is 11.2. The number of benzene rings is 1. The number of halogens is 3. The van der Waals surface area contributed by atoms with E-state index in [0.29, 0.717) is 15.9 Å². The normalized spacial score (nSPS) is 11.7. The van der Waals surface area contributed by atoms with Crippen LogP contribution in [0.15, 0.2) is 22.7 Å². The Morgan fingerprint density at radius 1 is 1.25 bits per heavy atom. The van der Waals surface area contributed by atoms with E-state index < -0.39 is 11.6 Å². The van der Waals surface area contributed by atoms with Crippen molar-refractivity contribution in [3.05, 3.63) is 39.3 Å². The van der Waals surface area contributed by atoms with Crippen molar-refractivity contribution >= 4 is 27.5 Å². The van der Waals surface area contributed by atoms with E-state index in [1.165, 1.54) is 12.1 Å². The van der Waals surface area contributed by atoms with Crippen molar-refractivity contribution in [3.8, 4) is 17.1 Å². The lowest BCUT2D eigenvalue weighted by atomic mass is 9.92. The van der Waals surface area contributed by atoms with Crippen LogP contribution >= 0.6 is 27.5 Å². The number of aromatic nitrogens is 2. The van der Waals surface area contributed by atoms with E-state index >= 15 is 0 Å². The van der Waals surface area contributed by atoms with Gasteiger partial charge in [-0.3, -0.25) is 0 Å². The monoisotopic (exact) mass is 358 g/mol. The van der Waals surface area contributed by atoms with E-state index in [1.54, 1.807) is 6.07 Å². The van der Waals surface area contributed by atoms with Crippen molar-refractivity contribution in [2.24, 2.45) is 0 Å². The highest BCUT2D eigenvalue weighted by molar-refractivity contribution is 9.10. The summed E-state index contributed by atoms with van der Waals surface area (Å²) in [4.78, 5) is 8.60. The largest absolute Gasteiger partial charge is 0.505 e. The van der Waals surface area contributed by atoms with Crippen molar-refractivity contribution in [2.75, 3.05) is 0 Å². The molecular formula is C14H13BrClFN2O. The van der Waals surface area contributed by atoms with Crippen LogP contribution in [0.4, 0.5) is 4.39 Å². The molecule has 0 aliphatic carbocycles. The Labute approximate surface area is 130 Å². The SMILES string of the molecule is CC(C)(C)c1nc(-c2ccc(O)c(F)c2)nc(Cl)c1Br. The third-order valence-electron chi connectivity index (χ3n) is 2.73. The van der Waals surface area contributed by atoms with Gasteiger partial charge in [0.25, 0.3) is 0 Å². The number of phenols is 1. The number of hydrogen-bond donors (Lipinski definition) is 1. The van der Waals surface area contributed by atoms with Gasteiger partial charge >= 0.3 is 0 Å². The van der Waals surface area contributed by atoms with Gasteiger partial charge in [-0.25, -0.2) is 14.4 Å². The summed E-state index contributed by atoms with van der Waals surface area (Å²) in [5.74, 6) is -0.808. The molecule has 1 heterocycles. The number of rotatable bonds is 1. The maximum atomic E-state index is 13.4. The smallest absolute Gasteiger partial charge is 0.165 e. The first-order valence-electron chi connectivity index (χ1n) is 5.92. The lowest BCUT2D eigenvalue weighted by molar-refractivity contribution is 0.432. The molecule has 6 heteroatoms. The molecule has 0 bridgehead atoms. The maximum absolute atomic E-state index is 13.4. The Kier molecular flexibility index (Phi) is 4.02. The molecule has 0 saturated heterocycles. The van der Waals surface area contributed by atoms with Crippen LogP contribution in [0.1, 0.15) is 26.5 Å². The van der Waals surface area contributed by atoms with E-state index in [1.807, 2.05) is 20.8 Å². The summed E-state index contributed by atoms with van der Waals surface area (Å²) in [6.45, 7) is 5.99. The second kappa shape index (κ2) is 5.30. The quantitative estimate of drug-likeness (QED) is 0.751. The minimum absolute atomic E-state index is 0.240. The molecule has 0 aliphatic heterocycles. The molecule has 0 fully saturated rings. The summed E-state index contributed by atoms with van der Waals surface area (Å²) in [6, 6.07) is 3.99. The van der Waals surface area contributed by atoms with E-state index in [4.69, 9.17) is 11.6 Å². The Morgan fingerprint density at radius 3 is 2.45 bits per heavy atom. The number of hydrogen-bond acceptors (Lipinski definition) is 3. The highest BCUT2D eigenvalue weighted by atomic mass is 79.9. The molecular weight excluding hydrogens is 347 g/mol. The minimum atomic E-state index is -0.720. The fourth-order valence-corrected chi connectivity index (χ4v) is 2.63. The summed E-state index contributed by atoms with van der Waals surface area (Å²) in [6.07, 6.45) is 0. The van der Waals surface area contributed by atoms with E-state index in [-0.39, 0.29) is 10.6 Å². The Balaban J connectivity index is 2.63. The summed E-state index contributed by atoms with van der Waals surface area (Å²) in [7, 11) is 0. The first-order chi connectivity index (χ1) is 9.20. The van der Waals surface area contributed by atoms with Gasteiger partial charge in [-0.2, -0.15) is 0 Å². The topological polar surface area (TPSA) is 46.0 Å². The molecule has 1 N–H and O–H groups in total. The van der Waals surface area contributed by atoms with Gasteiger partial charge in [0.05, 0.1) is 10.2 Å². The van der Waals surface area contributed by atoms with Crippen LogP contribution in [0, 0.1) is 5.82 Å². The van der Waals surface area contributed by atoms with E-state index in [0.717, 1.165) is 5.69 Å². The van der Waals surface area contributed by atoms with Crippen molar-refractivity contribution in [2.45, 2.75) is 26.2 Å². The molecule has 0 atom stereocenters. The molecule has 2 aromatic rings. The van der Waals surface area contributed by atoms with Gasteiger partial charge in [-0.05, 0) is 34.1 Å². The summed E-state index contributed by atoms with van der Waals surface area (Å²) in [5.41, 5.74) is 0.955. The third kappa shape index (κ3) is 2.94. The highest BCUT2D eigenvalue weighted by Crippen LogP contribution is 2.34. The lowest BCUT2D eigenvalue weighted by Crippen LogP contribution is -2.16. The third-order valence-corrected chi connectivity index (χ3v) is 3.98. The maximum Gasteiger partial charge on any atom is 0.165 e. The predicted molar refractivity (Wildman–Crippen MR) is 80.5 cm³/mol. The molecule has 0 radical (unpaired) electrons. The fraction of sp³-hybridized carbons (Fsp3) is 0.286. The Bertz CT molecular complexity index is 671. The van der Waals surface area contributed by atoms with Gasteiger partial charge < -0.3 is 5.11 Å². The van der Waals surface area contributed by atoms with E-state index in [9.17, 15) is 9.50 Å². The standard InChI is InChI=1S/C14H13BrClFN2O/c1-14(2,3)11-10(15)12(16)19-13(18-11)7-4-5-9(20)8(17)6-7/h4-6,20H,1-3H3. The van der Waals surface area contributed by atoms with Gasteiger partial charge in [-0.15, -0.1) is 0 Å². The van der Waals surface area contributed by atoms with Crippen molar-refractivity contribution < 1.29 is 9.50 Å². The number of aromatic hydroxyl groups is 1. The molecule has 1 aromatic heterocycles. The summed E-state index contributed by atoms with van der Waals surface area (Å²) in [5, 5.41) is 9.50. The summed E-state index contributed by atoms with van der Waals surface area (Å²) < 4.78 is 14.1. The number of nitrogens with zero attached hydrogens (tertiary/aromatic N) is 2. The van der Waals surface area contributed by atoms with Crippen LogP contribution in [0.25, 0.3) is 11.4 Å². The molecule has 20 heavy (non-hydrogen) atoms. The lowest BCUT2D eigenvalue weighted by Gasteiger charge is -2.20. The van der Waals surface area contributed by atoms with Crippen LogP contribution in [-0.4, -0.2) is 15.1 Å². The van der Waals surface area contributed by atoms with E-state index in [2.05, 4.69) is 25.9 Å². The average molecular weight is 360 g/mol. The van der Waals surface area contributed by atoms with Gasteiger partial charge in [0.2, 0.25) is 0 Å². The van der Waals surface area contributed by atoms with Crippen molar-refractivity contribution in [3.63, 3.8) is 0 Å². The molecule has 1 aromatic carbocycles. The Morgan fingerprint density at radius 2 is 1.90 bits per heavy atom. The van der Waals surface area contributed by atoms with Gasteiger partial charge in [0, 0.05) is 11.0 Å². The Hall–Kier alpha value is -1.20. The highest BCUT2D eigenvalue weighted by Gasteiger charge is 2.23. The van der Waals surface area contributed by atoms with Crippen LogP contribution in [0.5, 0.6) is 5.75 Å². The van der Waals surface area contributed by atoms with Gasteiger partial charge in [-0.1, -0.05) is 32.4 Å². The molecule has 2 rings (SSSR count). The van der Waals surface area contributed by atoms with Gasteiger partial charge in [0.15, 0.2) is 17.4 Å². The second-order valence-corrected chi connectivity index (χ2v) is 6.57. The first-order valence-corrected chi connectivity index (χ1v) is 7.09. The van der Waals surface area contributed by atoms with Crippen LogP contribution in [0.2, 0.25) is 5.15 Å². The second-order valence-electron chi connectivity index (χ2n) is 5.42. The molecule has 0 unspecified atom stereocenters. The molecule has 0 aliphatic rings. The number of phenolic OH excluding ortho intramolecular Hbond substituents is 1. The molecule has 106 valence electrons. The van der Waals surface area contributed by atoms with Gasteiger partial charge in [0.1, 0.15) is 5.15 Å². The minimum Gasteiger partial charge on any atom is -0.505 e. The molecule has 3 nitrogen and oxygen atoms in total. The average Bonchev–Trinajstić information content (AvgIpc) is 2.34. The fourth-order valence-electron chi connectivity index (χ4n) is 1.69.